The fourth-order valence-corrected chi connectivity index (χ4v) is 1.74. The molecule has 2 N–H and O–H groups in total. The lowest BCUT2D eigenvalue weighted by Crippen LogP contribution is -2.19. The van der Waals surface area contributed by atoms with Gasteiger partial charge >= 0.3 is 6.03 Å². The van der Waals surface area contributed by atoms with Gasteiger partial charge in [0.05, 0.1) is 5.69 Å². The van der Waals surface area contributed by atoms with Crippen LogP contribution in [0.4, 0.5) is 16.3 Å². The summed E-state index contributed by atoms with van der Waals surface area (Å²) in [5, 5.41) is 20.3. The van der Waals surface area contributed by atoms with Crippen molar-refractivity contribution >= 4 is 17.5 Å². The highest BCUT2D eigenvalue weighted by atomic mass is 16.2. The van der Waals surface area contributed by atoms with Gasteiger partial charge in [0.1, 0.15) is 6.33 Å². The van der Waals surface area contributed by atoms with Crippen LogP contribution in [0, 0.1) is 0 Å². The lowest BCUT2D eigenvalue weighted by molar-refractivity contribution is 0.262. The predicted octanol–water partition coefficient (Wildman–Crippen LogP) is 1.04. The fourth-order valence-electron chi connectivity index (χ4n) is 1.74. The van der Waals surface area contributed by atoms with E-state index in [-0.39, 0.29) is 6.03 Å². The largest absolute Gasteiger partial charge is 0.324 e. The quantitative estimate of drug-likeness (QED) is 0.748. The van der Waals surface area contributed by atoms with E-state index in [1.54, 1.807) is 48.3 Å². The number of nitrogens with zero attached hydrogens (tertiary/aromatic N) is 6. The number of benzene rings is 1. The second-order valence-electron chi connectivity index (χ2n) is 4.26. The van der Waals surface area contributed by atoms with Crippen LogP contribution in [0.25, 0.3) is 5.69 Å². The van der Waals surface area contributed by atoms with Crippen LogP contribution < -0.4 is 10.6 Å². The second-order valence-corrected chi connectivity index (χ2v) is 4.26. The van der Waals surface area contributed by atoms with Crippen LogP contribution in [-0.2, 0) is 7.05 Å². The topological polar surface area (TPSA) is 103 Å². The van der Waals surface area contributed by atoms with Crippen LogP contribution in [0.1, 0.15) is 0 Å². The summed E-state index contributed by atoms with van der Waals surface area (Å²) < 4.78 is 3.13. The van der Waals surface area contributed by atoms with E-state index in [9.17, 15) is 4.79 Å². The van der Waals surface area contributed by atoms with Crippen LogP contribution in [-0.4, -0.2) is 36.0 Å². The molecule has 2 aromatic heterocycles. The van der Waals surface area contributed by atoms with Crippen LogP contribution in [0.15, 0.2) is 42.9 Å². The summed E-state index contributed by atoms with van der Waals surface area (Å²) >= 11 is 0. The van der Waals surface area contributed by atoms with E-state index < -0.39 is 0 Å². The molecule has 1 aromatic carbocycles. The van der Waals surface area contributed by atoms with Gasteiger partial charge in [-0.15, -0.1) is 5.10 Å². The first-order chi connectivity index (χ1) is 10.2. The zero-order chi connectivity index (χ0) is 14.7. The van der Waals surface area contributed by atoms with Crippen molar-refractivity contribution in [2.75, 3.05) is 10.6 Å². The molecule has 0 aliphatic carbocycles. The van der Waals surface area contributed by atoms with E-state index in [4.69, 9.17) is 0 Å². The van der Waals surface area contributed by atoms with E-state index >= 15 is 0 Å². The van der Waals surface area contributed by atoms with E-state index in [2.05, 4.69) is 31.3 Å². The molecule has 0 aliphatic rings. The molecule has 9 nitrogen and oxygen atoms in total. The summed E-state index contributed by atoms with van der Waals surface area (Å²) in [6, 6.07) is 8.47. The first kappa shape index (κ1) is 12.8. The van der Waals surface area contributed by atoms with Crippen molar-refractivity contribution in [1.29, 1.82) is 0 Å². The molecule has 0 saturated carbocycles. The molecule has 0 saturated heterocycles. The summed E-state index contributed by atoms with van der Waals surface area (Å²) in [5.74, 6) is 0.486. The van der Waals surface area contributed by atoms with Gasteiger partial charge in [0.25, 0.3) is 0 Å². The molecular weight excluding hydrogens is 272 g/mol. The number of anilines is 2. The molecule has 9 heteroatoms. The Hall–Kier alpha value is -3.23. The third-order valence-corrected chi connectivity index (χ3v) is 2.69. The standard InChI is InChI=1S/C12H12N8O/c1-19-7-6-11(16-19)15-12(21)14-9-2-4-10(5-3-9)20-8-13-17-18-20/h2-8H,1H3,(H2,14,15,16,21). The maximum Gasteiger partial charge on any atom is 0.324 e. The van der Waals surface area contributed by atoms with Crippen LogP contribution >= 0.6 is 0 Å². The van der Waals surface area contributed by atoms with Gasteiger partial charge < -0.3 is 5.32 Å². The van der Waals surface area contributed by atoms with E-state index in [1.165, 1.54) is 11.0 Å². The summed E-state index contributed by atoms with van der Waals surface area (Å²) in [5.41, 5.74) is 1.45. The number of carbonyl (C=O) groups is 1. The van der Waals surface area contributed by atoms with E-state index in [0.717, 1.165) is 5.69 Å². The minimum absolute atomic E-state index is 0.358. The van der Waals surface area contributed by atoms with Crippen molar-refractivity contribution in [3.8, 4) is 5.69 Å². The smallest absolute Gasteiger partial charge is 0.308 e. The maximum atomic E-state index is 11.8. The molecule has 2 amide bonds. The number of aromatic nitrogens is 6. The zero-order valence-electron chi connectivity index (χ0n) is 11.1. The molecule has 0 radical (unpaired) electrons. The average molecular weight is 284 g/mol. The van der Waals surface area contributed by atoms with Gasteiger partial charge in [-0.3, -0.25) is 10.00 Å². The van der Waals surface area contributed by atoms with Gasteiger partial charge in [0, 0.05) is 25.0 Å². The van der Waals surface area contributed by atoms with Gasteiger partial charge in [0.2, 0.25) is 0 Å². The first-order valence-corrected chi connectivity index (χ1v) is 6.12. The number of tetrazole rings is 1. The highest BCUT2D eigenvalue weighted by Crippen LogP contribution is 2.12. The Balaban J connectivity index is 1.63. The second kappa shape index (κ2) is 5.41. The number of carbonyl (C=O) groups excluding carboxylic acids is 1. The molecule has 0 atom stereocenters. The van der Waals surface area contributed by atoms with Crippen molar-refractivity contribution in [3.63, 3.8) is 0 Å². The summed E-state index contributed by atoms with van der Waals surface area (Å²) in [7, 11) is 1.78. The Morgan fingerprint density at radius 1 is 1.14 bits per heavy atom. The Kier molecular flexibility index (Phi) is 3.29. The lowest BCUT2D eigenvalue weighted by Gasteiger charge is -2.06. The van der Waals surface area contributed by atoms with Gasteiger partial charge in [-0.05, 0) is 34.7 Å². The molecule has 2 heterocycles. The SMILES string of the molecule is Cn1ccc(NC(=O)Nc2ccc(-n3cnnn3)cc2)n1. The van der Waals surface area contributed by atoms with Crippen molar-refractivity contribution in [2.45, 2.75) is 0 Å². The number of aryl methyl sites for hydroxylation is 1. The normalized spacial score (nSPS) is 10.3. The highest BCUT2D eigenvalue weighted by Gasteiger charge is 2.05. The fraction of sp³-hybridized carbons (Fsp3) is 0.0833. The number of amides is 2. The third kappa shape index (κ3) is 3.03. The van der Waals surface area contributed by atoms with Gasteiger partial charge in [0.15, 0.2) is 5.82 Å². The summed E-state index contributed by atoms with van der Waals surface area (Å²) in [6.45, 7) is 0. The summed E-state index contributed by atoms with van der Waals surface area (Å²) in [4.78, 5) is 11.8. The first-order valence-electron chi connectivity index (χ1n) is 6.12. The van der Waals surface area contributed by atoms with Crippen LogP contribution in [0.3, 0.4) is 0 Å². The molecular formula is C12H12N8O. The third-order valence-electron chi connectivity index (χ3n) is 2.69. The Labute approximate surface area is 119 Å². The molecule has 21 heavy (non-hydrogen) atoms. The lowest BCUT2D eigenvalue weighted by atomic mass is 10.3. The van der Waals surface area contributed by atoms with E-state index in [1.807, 2.05) is 0 Å². The molecule has 106 valence electrons. The van der Waals surface area contributed by atoms with Crippen LogP contribution in [0.2, 0.25) is 0 Å². The number of rotatable bonds is 3. The van der Waals surface area contributed by atoms with Crippen molar-refractivity contribution < 1.29 is 4.79 Å². The minimum Gasteiger partial charge on any atom is -0.308 e. The predicted molar refractivity (Wildman–Crippen MR) is 75.0 cm³/mol. The van der Waals surface area contributed by atoms with Gasteiger partial charge in [-0.2, -0.15) is 5.10 Å². The maximum absolute atomic E-state index is 11.8. The molecule has 0 spiro atoms. The average Bonchev–Trinajstić information content (AvgIpc) is 3.11. The number of hydrogen-bond donors (Lipinski definition) is 2. The van der Waals surface area contributed by atoms with Gasteiger partial charge in [-0.1, -0.05) is 0 Å². The molecule has 0 fully saturated rings. The zero-order valence-corrected chi connectivity index (χ0v) is 11.1. The van der Waals surface area contributed by atoms with Crippen molar-refractivity contribution in [3.05, 3.63) is 42.9 Å². The Morgan fingerprint density at radius 2 is 1.95 bits per heavy atom. The Bertz CT molecular complexity index is 731. The van der Waals surface area contributed by atoms with E-state index in [0.29, 0.717) is 11.5 Å². The van der Waals surface area contributed by atoms with Crippen LogP contribution in [0.5, 0.6) is 0 Å². The monoisotopic (exact) mass is 284 g/mol. The van der Waals surface area contributed by atoms with Crippen molar-refractivity contribution in [2.24, 2.45) is 7.05 Å². The number of hydrogen-bond acceptors (Lipinski definition) is 5. The number of nitrogens with one attached hydrogen (secondary N) is 2. The molecule has 3 rings (SSSR count). The Morgan fingerprint density at radius 3 is 2.57 bits per heavy atom. The number of urea groups is 1. The molecule has 0 aliphatic heterocycles. The molecule has 0 unspecified atom stereocenters. The minimum atomic E-state index is -0.358. The van der Waals surface area contributed by atoms with Gasteiger partial charge in [-0.25, -0.2) is 9.48 Å². The highest BCUT2D eigenvalue weighted by molar-refractivity contribution is 5.99. The van der Waals surface area contributed by atoms with Crippen molar-refractivity contribution in [1.82, 2.24) is 30.0 Å². The molecule has 0 bridgehead atoms. The summed E-state index contributed by atoms with van der Waals surface area (Å²) in [6.07, 6.45) is 3.24. The molecule has 3 aromatic rings.